The van der Waals surface area contributed by atoms with Crippen LogP contribution in [0.4, 0.5) is 4.79 Å². The summed E-state index contributed by atoms with van der Waals surface area (Å²) in [6, 6.07) is 9.22. The largest absolute Gasteiger partial charge is 0.394 e. The molecule has 1 aliphatic heterocycles. The molecule has 0 spiro atoms. The van der Waals surface area contributed by atoms with E-state index < -0.39 is 18.2 Å². The maximum absolute atomic E-state index is 12.1. The molecule has 3 atom stereocenters. The van der Waals surface area contributed by atoms with Crippen molar-refractivity contribution in [3.63, 3.8) is 0 Å². The van der Waals surface area contributed by atoms with Crippen molar-refractivity contribution in [2.45, 2.75) is 44.4 Å². The third-order valence-corrected chi connectivity index (χ3v) is 4.26. The van der Waals surface area contributed by atoms with E-state index in [2.05, 4.69) is 16.0 Å². The van der Waals surface area contributed by atoms with Gasteiger partial charge in [-0.25, -0.2) is 4.79 Å². The van der Waals surface area contributed by atoms with Gasteiger partial charge in [-0.3, -0.25) is 4.79 Å². The van der Waals surface area contributed by atoms with Gasteiger partial charge < -0.3 is 25.8 Å². The molecule has 1 heterocycles. The van der Waals surface area contributed by atoms with Gasteiger partial charge >= 0.3 is 6.03 Å². The summed E-state index contributed by atoms with van der Waals surface area (Å²) in [6.45, 7) is 2.87. The van der Waals surface area contributed by atoms with Crippen LogP contribution in [0.3, 0.4) is 0 Å². The van der Waals surface area contributed by atoms with Crippen molar-refractivity contribution in [2.24, 2.45) is 0 Å². The van der Waals surface area contributed by atoms with Gasteiger partial charge in [-0.05, 0) is 18.4 Å². The van der Waals surface area contributed by atoms with Crippen LogP contribution in [-0.4, -0.2) is 55.0 Å². The zero-order valence-electron chi connectivity index (χ0n) is 15.7. The van der Waals surface area contributed by atoms with Crippen molar-refractivity contribution in [2.75, 3.05) is 19.7 Å². The lowest BCUT2D eigenvalue weighted by molar-refractivity contribution is -0.125. The van der Waals surface area contributed by atoms with Crippen molar-refractivity contribution in [3.05, 3.63) is 48.0 Å². The number of carbonyl (C=O) groups is 2. The summed E-state index contributed by atoms with van der Waals surface area (Å²) in [5.41, 5.74) is 1.17. The zero-order valence-corrected chi connectivity index (χ0v) is 15.7. The third-order valence-electron chi connectivity index (χ3n) is 4.26. The molecule has 1 aromatic carbocycles. The molecule has 4 N–H and O–H groups in total. The molecule has 0 radical (unpaired) electrons. The lowest BCUT2D eigenvalue weighted by Gasteiger charge is -2.31. The van der Waals surface area contributed by atoms with Crippen LogP contribution in [0.1, 0.15) is 25.3 Å². The van der Waals surface area contributed by atoms with E-state index in [9.17, 15) is 14.7 Å². The van der Waals surface area contributed by atoms with Gasteiger partial charge in [-0.15, -0.1) is 0 Å². The zero-order chi connectivity index (χ0) is 19.5. The molecule has 0 saturated heterocycles. The van der Waals surface area contributed by atoms with Crippen molar-refractivity contribution in [3.8, 4) is 0 Å². The quantitative estimate of drug-likeness (QED) is 0.486. The van der Waals surface area contributed by atoms with Crippen LogP contribution in [0.5, 0.6) is 0 Å². The second-order valence-corrected chi connectivity index (χ2v) is 6.50. The molecule has 0 aliphatic carbocycles. The second kappa shape index (κ2) is 11.4. The number of aliphatic hydroxyl groups is 1. The number of benzene rings is 1. The van der Waals surface area contributed by atoms with E-state index in [0.29, 0.717) is 13.1 Å². The summed E-state index contributed by atoms with van der Waals surface area (Å²) < 4.78 is 5.75. The average molecular weight is 375 g/mol. The average Bonchev–Trinajstić information content (AvgIpc) is 2.68. The smallest absolute Gasteiger partial charge is 0.315 e. The highest BCUT2D eigenvalue weighted by molar-refractivity contribution is 5.77. The molecule has 7 heteroatoms. The van der Waals surface area contributed by atoms with Crippen molar-refractivity contribution in [1.29, 1.82) is 0 Å². The van der Waals surface area contributed by atoms with E-state index in [0.717, 1.165) is 12.8 Å². The normalized spacial score (nSPS) is 21.5. The van der Waals surface area contributed by atoms with Gasteiger partial charge in [0.05, 0.1) is 25.2 Å². The Morgan fingerprint density at radius 3 is 2.59 bits per heavy atom. The maximum Gasteiger partial charge on any atom is 0.315 e. The molecular formula is C20H29N3O4. The van der Waals surface area contributed by atoms with Crippen molar-refractivity contribution < 1.29 is 19.4 Å². The Labute approximate surface area is 160 Å². The van der Waals surface area contributed by atoms with Crippen molar-refractivity contribution >= 4 is 11.9 Å². The Hall–Kier alpha value is -2.38. The summed E-state index contributed by atoms with van der Waals surface area (Å²) in [5.74, 6) is -0.107. The Bertz CT molecular complexity index is 621. The molecule has 7 nitrogen and oxygen atoms in total. The maximum atomic E-state index is 12.1. The molecule has 1 aromatic rings. The predicted molar refractivity (Wildman–Crippen MR) is 103 cm³/mol. The summed E-state index contributed by atoms with van der Waals surface area (Å²) >= 11 is 0. The van der Waals surface area contributed by atoms with Crippen LogP contribution in [0.2, 0.25) is 0 Å². The molecule has 0 saturated carbocycles. The number of hydrogen-bond acceptors (Lipinski definition) is 4. The van der Waals surface area contributed by atoms with E-state index in [4.69, 9.17) is 4.74 Å². The fraction of sp³-hybridized carbons (Fsp3) is 0.500. The minimum Gasteiger partial charge on any atom is -0.394 e. The molecule has 2 rings (SSSR count). The molecule has 0 aromatic heterocycles. The minimum absolute atomic E-state index is 0.107. The second-order valence-electron chi connectivity index (χ2n) is 6.50. The van der Waals surface area contributed by atoms with Gasteiger partial charge in [-0.1, -0.05) is 49.4 Å². The third kappa shape index (κ3) is 7.40. The molecular weight excluding hydrogens is 346 g/mol. The van der Waals surface area contributed by atoms with Crippen LogP contribution in [0, 0.1) is 0 Å². The summed E-state index contributed by atoms with van der Waals surface area (Å²) in [7, 11) is 0. The van der Waals surface area contributed by atoms with Crippen LogP contribution in [0.15, 0.2) is 42.5 Å². The van der Waals surface area contributed by atoms with Gasteiger partial charge in [-0.2, -0.15) is 0 Å². The molecule has 0 unspecified atom stereocenters. The Morgan fingerprint density at radius 2 is 1.89 bits per heavy atom. The Balaban J connectivity index is 1.75. The van der Waals surface area contributed by atoms with Crippen molar-refractivity contribution in [1.82, 2.24) is 16.0 Å². The van der Waals surface area contributed by atoms with Gasteiger partial charge in [0.2, 0.25) is 5.91 Å². The van der Waals surface area contributed by atoms with Crippen LogP contribution >= 0.6 is 0 Å². The predicted octanol–water partition coefficient (Wildman–Crippen LogP) is 1.13. The summed E-state index contributed by atoms with van der Waals surface area (Å²) in [4.78, 5) is 23.9. The molecule has 0 fully saturated rings. The highest BCUT2D eigenvalue weighted by Crippen LogP contribution is 2.15. The SMILES string of the molecule is CCCNC(=O)N[C@H]1C=C[C@H](CC(=O)NCCc2ccccc2)O[C@@H]1CO. The molecule has 0 bridgehead atoms. The topological polar surface area (TPSA) is 99.7 Å². The number of urea groups is 1. The highest BCUT2D eigenvalue weighted by atomic mass is 16.5. The number of nitrogens with one attached hydrogen (secondary N) is 3. The first-order chi connectivity index (χ1) is 13.1. The molecule has 1 aliphatic rings. The fourth-order valence-electron chi connectivity index (χ4n) is 2.82. The summed E-state index contributed by atoms with van der Waals surface area (Å²) in [5, 5.41) is 17.9. The van der Waals surface area contributed by atoms with E-state index in [1.807, 2.05) is 37.3 Å². The van der Waals surface area contributed by atoms with E-state index in [1.165, 1.54) is 5.56 Å². The van der Waals surface area contributed by atoms with Crippen LogP contribution < -0.4 is 16.0 Å². The molecule has 3 amide bonds. The van der Waals surface area contributed by atoms with E-state index >= 15 is 0 Å². The van der Waals surface area contributed by atoms with Gasteiger partial charge in [0.1, 0.15) is 6.10 Å². The van der Waals surface area contributed by atoms with Gasteiger partial charge in [0.25, 0.3) is 0 Å². The lowest BCUT2D eigenvalue weighted by atomic mass is 10.0. The number of amides is 3. The van der Waals surface area contributed by atoms with E-state index in [1.54, 1.807) is 12.2 Å². The Morgan fingerprint density at radius 1 is 1.11 bits per heavy atom. The first-order valence-electron chi connectivity index (χ1n) is 9.42. The fourth-order valence-corrected chi connectivity index (χ4v) is 2.82. The van der Waals surface area contributed by atoms with Gasteiger partial charge in [0.15, 0.2) is 0 Å². The standard InChI is InChI=1S/C20H29N3O4/c1-2-11-22-20(26)23-17-9-8-16(27-18(17)14-24)13-19(25)21-12-10-15-6-4-3-5-7-15/h3-9,16-18,24H,2,10-14H2,1H3,(H,21,25)(H2,22,23,26)/t16-,17+,18-/m1/s1. The number of carbonyl (C=O) groups excluding carboxylic acids is 2. The number of aliphatic hydroxyl groups excluding tert-OH is 1. The number of ether oxygens (including phenoxy) is 1. The molecule has 148 valence electrons. The highest BCUT2D eigenvalue weighted by Gasteiger charge is 2.28. The van der Waals surface area contributed by atoms with E-state index in [-0.39, 0.29) is 25.0 Å². The van der Waals surface area contributed by atoms with Crippen LogP contribution in [0.25, 0.3) is 0 Å². The first kappa shape index (κ1) is 20.9. The van der Waals surface area contributed by atoms with Gasteiger partial charge in [0, 0.05) is 13.1 Å². The minimum atomic E-state index is -0.579. The number of hydrogen-bond donors (Lipinski definition) is 4. The number of rotatable bonds is 9. The van der Waals surface area contributed by atoms with Crippen LogP contribution in [-0.2, 0) is 16.0 Å². The lowest BCUT2D eigenvalue weighted by Crippen LogP contribution is -2.51. The summed E-state index contributed by atoms with van der Waals surface area (Å²) in [6.07, 6.45) is 4.32. The first-order valence-corrected chi connectivity index (χ1v) is 9.42. The molecule has 27 heavy (non-hydrogen) atoms. The monoisotopic (exact) mass is 375 g/mol. The Kier molecular flexibility index (Phi) is 8.80.